The third kappa shape index (κ3) is 2.07. The number of anilines is 1. The molecular formula is C15H21N3O. The van der Waals surface area contributed by atoms with E-state index in [4.69, 9.17) is 5.73 Å². The summed E-state index contributed by atoms with van der Waals surface area (Å²) in [5.74, 6) is 0. The average Bonchev–Trinajstić information content (AvgIpc) is 2.54. The van der Waals surface area contributed by atoms with Gasteiger partial charge in [-0.15, -0.1) is 0 Å². The first-order chi connectivity index (χ1) is 8.84. The molecule has 0 bridgehead atoms. The molecule has 19 heavy (non-hydrogen) atoms. The largest absolute Gasteiger partial charge is 0.393 e. The lowest BCUT2D eigenvalue weighted by Crippen LogP contribution is -2.24. The van der Waals surface area contributed by atoms with Crippen molar-refractivity contribution in [3.63, 3.8) is 0 Å². The zero-order chi connectivity index (χ0) is 14.3. The molecule has 0 atom stereocenters. The van der Waals surface area contributed by atoms with Crippen LogP contribution in [0, 0.1) is 20.8 Å². The van der Waals surface area contributed by atoms with E-state index in [-0.39, 0.29) is 11.6 Å². The normalized spacial score (nSPS) is 11.3. The Labute approximate surface area is 113 Å². The first-order valence-corrected chi connectivity index (χ1v) is 6.51. The second-order valence-electron chi connectivity index (χ2n) is 5.34. The van der Waals surface area contributed by atoms with Crippen molar-refractivity contribution in [2.75, 3.05) is 5.73 Å². The summed E-state index contributed by atoms with van der Waals surface area (Å²) in [7, 11) is 0. The van der Waals surface area contributed by atoms with Gasteiger partial charge < -0.3 is 5.73 Å². The molecule has 2 aromatic rings. The molecule has 102 valence electrons. The fourth-order valence-electron chi connectivity index (χ4n) is 2.53. The maximum Gasteiger partial charge on any atom is 0.294 e. The van der Waals surface area contributed by atoms with Gasteiger partial charge in [0.05, 0.1) is 11.4 Å². The van der Waals surface area contributed by atoms with Crippen LogP contribution in [0.2, 0.25) is 0 Å². The number of nitrogens with two attached hydrogens (primary N) is 1. The van der Waals surface area contributed by atoms with Gasteiger partial charge in [-0.05, 0) is 46.2 Å². The van der Waals surface area contributed by atoms with Crippen molar-refractivity contribution >= 4 is 5.69 Å². The van der Waals surface area contributed by atoms with Crippen LogP contribution < -0.4 is 11.3 Å². The van der Waals surface area contributed by atoms with Gasteiger partial charge in [0, 0.05) is 6.04 Å². The average molecular weight is 259 g/mol. The molecule has 1 heterocycles. The van der Waals surface area contributed by atoms with Gasteiger partial charge in [-0.2, -0.15) is 0 Å². The molecule has 1 aromatic carbocycles. The van der Waals surface area contributed by atoms with E-state index in [1.807, 2.05) is 51.4 Å². The fraction of sp³-hybridized carbons (Fsp3) is 0.400. The number of nitrogen functional groups attached to an aromatic ring is 1. The van der Waals surface area contributed by atoms with Crippen LogP contribution in [-0.2, 0) is 0 Å². The van der Waals surface area contributed by atoms with Gasteiger partial charge in [0.15, 0.2) is 0 Å². The number of aryl methyl sites for hydroxylation is 2. The Balaban J connectivity index is 2.82. The van der Waals surface area contributed by atoms with Gasteiger partial charge >= 0.3 is 0 Å². The first-order valence-electron chi connectivity index (χ1n) is 6.51. The molecule has 0 fully saturated rings. The van der Waals surface area contributed by atoms with Crippen molar-refractivity contribution in [3.05, 3.63) is 45.4 Å². The van der Waals surface area contributed by atoms with E-state index in [0.717, 1.165) is 16.9 Å². The van der Waals surface area contributed by atoms with E-state index in [9.17, 15) is 4.79 Å². The maximum absolute atomic E-state index is 12.4. The molecule has 0 aliphatic carbocycles. The minimum Gasteiger partial charge on any atom is -0.393 e. The molecule has 0 saturated heterocycles. The van der Waals surface area contributed by atoms with Crippen molar-refractivity contribution in [1.82, 2.24) is 9.36 Å². The monoisotopic (exact) mass is 259 g/mol. The number of hydrogen-bond acceptors (Lipinski definition) is 2. The number of aromatic nitrogens is 2. The number of hydrogen-bond donors (Lipinski definition) is 1. The molecule has 0 radical (unpaired) electrons. The molecule has 1 aromatic heterocycles. The summed E-state index contributed by atoms with van der Waals surface area (Å²) in [6, 6.07) is 6.23. The SMILES string of the molecule is Cc1ccc(-n2c(=O)c(N)c(C)n2C(C)C)c(C)c1. The topological polar surface area (TPSA) is 52.9 Å². The van der Waals surface area contributed by atoms with Gasteiger partial charge in [0.25, 0.3) is 5.56 Å². The highest BCUT2D eigenvalue weighted by molar-refractivity contribution is 5.48. The van der Waals surface area contributed by atoms with Crippen molar-refractivity contribution in [3.8, 4) is 5.69 Å². The molecule has 0 saturated carbocycles. The van der Waals surface area contributed by atoms with Gasteiger partial charge in [-0.3, -0.25) is 9.48 Å². The highest BCUT2D eigenvalue weighted by Gasteiger charge is 2.18. The third-order valence-electron chi connectivity index (χ3n) is 3.44. The van der Waals surface area contributed by atoms with Crippen molar-refractivity contribution in [1.29, 1.82) is 0 Å². The van der Waals surface area contributed by atoms with E-state index in [2.05, 4.69) is 6.07 Å². The Bertz CT molecular complexity index is 677. The lowest BCUT2D eigenvalue weighted by atomic mass is 10.1. The molecule has 2 rings (SSSR count). The van der Waals surface area contributed by atoms with E-state index >= 15 is 0 Å². The van der Waals surface area contributed by atoms with Crippen LogP contribution in [0.3, 0.4) is 0 Å². The Hall–Kier alpha value is -1.97. The first kappa shape index (κ1) is 13.5. The summed E-state index contributed by atoms with van der Waals surface area (Å²) in [5, 5.41) is 0. The number of benzene rings is 1. The second-order valence-corrected chi connectivity index (χ2v) is 5.34. The fourth-order valence-corrected chi connectivity index (χ4v) is 2.53. The molecular weight excluding hydrogens is 238 g/mol. The lowest BCUT2D eigenvalue weighted by molar-refractivity contribution is 0.466. The van der Waals surface area contributed by atoms with Crippen LogP contribution in [0.1, 0.15) is 36.7 Å². The summed E-state index contributed by atoms with van der Waals surface area (Å²) in [6.45, 7) is 10.0. The zero-order valence-corrected chi connectivity index (χ0v) is 12.2. The molecule has 0 unspecified atom stereocenters. The standard InChI is InChI=1S/C15H21N3O/c1-9(2)17-12(5)14(16)15(19)18(17)13-7-6-10(3)8-11(13)4/h6-9H,16H2,1-5H3. The second kappa shape index (κ2) is 4.61. The predicted molar refractivity (Wildman–Crippen MR) is 79.0 cm³/mol. The summed E-state index contributed by atoms with van der Waals surface area (Å²) in [5.41, 5.74) is 10.1. The molecule has 2 N–H and O–H groups in total. The minimum absolute atomic E-state index is 0.141. The number of rotatable bonds is 2. The number of nitrogens with zero attached hydrogens (tertiary/aromatic N) is 2. The Kier molecular flexibility index (Phi) is 3.27. The van der Waals surface area contributed by atoms with Gasteiger partial charge in [-0.25, -0.2) is 4.68 Å². The summed E-state index contributed by atoms with van der Waals surface area (Å²) >= 11 is 0. The van der Waals surface area contributed by atoms with E-state index in [0.29, 0.717) is 5.69 Å². The van der Waals surface area contributed by atoms with Crippen molar-refractivity contribution < 1.29 is 0 Å². The van der Waals surface area contributed by atoms with Gasteiger partial charge in [-0.1, -0.05) is 17.7 Å². The Morgan fingerprint density at radius 1 is 1.16 bits per heavy atom. The zero-order valence-electron chi connectivity index (χ0n) is 12.2. The van der Waals surface area contributed by atoms with Crippen LogP contribution in [0.25, 0.3) is 5.69 Å². The maximum atomic E-state index is 12.4. The minimum atomic E-state index is -0.141. The molecule has 0 spiro atoms. The van der Waals surface area contributed by atoms with Crippen molar-refractivity contribution in [2.24, 2.45) is 0 Å². The van der Waals surface area contributed by atoms with E-state index in [1.54, 1.807) is 4.68 Å². The highest BCUT2D eigenvalue weighted by Crippen LogP contribution is 2.20. The lowest BCUT2D eigenvalue weighted by Gasteiger charge is -2.18. The molecule has 0 aliphatic rings. The van der Waals surface area contributed by atoms with E-state index in [1.165, 1.54) is 5.56 Å². The summed E-state index contributed by atoms with van der Waals surface area (Å²) in [6.07, 6.45) is 0. The summed E-state index contributed by atoms with van der Waals surface area (Å²) in [4.78, 5) is 12.4. The van der Waals surface area contributed by atoms with Crippen LogP contribution in [-0.4, -0.2) is 9.36 Å². The Morgan fingerprint density at radius 3 is 2.32 bits per heavy atom. The van der Waals surface area contributed by atoms with Crippen molar-refractivity contribution in [2.45, 2.75) is 40.7 Å². The van der Waals surface area contributed by atoms with Gasteiger partial charge in [0.1, 0.15) is 5.69 Å². The predicted octanol–water partition coefficient (Wildman–Crippen LogP) is 2.73. The molecule has 4 heteroatoms. The summed E-state index contributed by atoms with van der Waals surface area (Å²) < 4.78 is 3.64. The third-order valence-corrected chi connectivity index (χ3v) is 3.44. The van der Waals surface area contributed by atoms with Crippen LogP contribution in [0.4, 0.5) is 5.69 Å². The van der Waals surface area contributed by atoms with Crippen LogP contribution in [0.5, 0.6) is 0 Å². The van der Waals surface area contributed by atoms with Crippen LogP contribution in [0.15, 0.2) is 23.0 Å². The van der Waals surface area contributed by atoms with Crippen LogP contribution >= 0.6 is 0 Å². The van der Waals surface area contributed by atoms with Gasteiger partial charge in [0.2, 0.25) is 0 Å². The quantitative estimate of drug-likeness (QED) is 0.901. The smallest absolute Gasteiger partial charge is 0.294 e. The highest BCUT2D eigenvalue weighted by atomic mass is 16.1. The molecule has 0 aliphatic heterocycles. The Morgan fingerprint density at radius 2 is 1.79 bits per heavy atom. The van der Waals surface area contributed by atoms with E-state index < -0.39 is 0 Å². The molecule has 0 amide bonds. The molecule has 4 nitrogen and oxygen atoms in total.